The van der Waals surface area contributed by atoms with E-state index < -0.39 is 0 Å². The van der Waals surface area contributed by atoms with Gasteiger partial charge >= 0.3 is 0 Å². The van der Waals surface area contributed by atoms with Crippen LogP contribution in [0.15, 0.2) is 36.0 Å². The van der Waals surface area contributed by atoms with Gasteiger partial charge in [0.25, 0.3) is 0 Å². The van der Waals surface area contributed by atoms with E-state index in [2.05, 4.69) is 15.5 Å². The topological polar surface area (TPSA) is 68.5 Å². The Morgan fingerprint density at radius 2 is 2.13 bits per heavy atom. The summed E-state index contributed by atoms with van der Waals surface area (Å²) in [5, 5.41) is 12.9. The Kier molecular flexibility index (Phi) is 4.87. The minimum Gasteiger partial charge on any atom is -0.497 e. The summed E-state index contributed by atoms with van der Waals surface area (Å²) in [6.07, 6.45) is 3.68. The lowest BCUT2D eigenvalue weighted by Gasteiger charge is -2.06. The molecule has 3 rings (SSSR count). The Morgan fingerprint density at radius 3 is 2.91 bits per heavy atom. The quantitative estimate of drug-likeness (QED) is 0.720. The van der Waals surface area contributed by atoms with Crippen LogP contribution in [0.5, 0.6) is 5.75 Å². The molecule has 2 aromatic heterocycles. The third-order valence-electron chi connectivity index (χ3n) is 3.63. The van der Waals surface area contributed by atoms with Crippen molar-refractivity contribution in [3.05, 3.63) is 47.2 Å². The smallest absolute Gasteiger partial charge is 0.220 e. The van der Waals surface area contributed by atoms with E-state index in [1.54, 1.807) is 24.8 Å². The molecule has 1 amide bonds. The number of fused-ring (bicyclic) bond motifs is 1. The highest BCUT2D eigenvalue weighted by Crippen LogP contribution is 2.14. The second-order valence-corrected chi connectivity index (χ2v) is 6.00. The van der Waals surface area contributed by atoms with Crippen LogP contribution in [0.25, 0.3) is 4.96 Å². The first kappa shape index (κ1) is 15.5. The van der Waals surface area contributed by atoms with Crippen molar-refractivity contribution >= 4 is 22.2 Å². The van der Waals surface area contributed by atoms with Gasteiger partial charge in [0.15, 0.2) is 0 Å². The molecule has 0 aliphatic carbocycles. The number of thiazole rings is 1. The van der Waals surface area contributed by atoms with Gasteiger partial charge in [-0.1, -0.05) is 12.1 Å². The molecule has 0 unspecified atom stereocenters. The number of methoxy groups -OCH3 is 1. The van der Waals surface area contributed by atoms with Gasteiger partial charge in [-0.2, -0.15) is 0 Å². The maximum absolute atomic E-state index is 11.9. The molecule has 0 aliphatic rings. The van der Waals surface area contributed by atoms with Crippen molar-refractivity contribution in [3.63, 3.8) is 0 Å². The van der Waals surface area contributed by atoms with Gasteiger partial charge in [-0.15, -0.1) is 21.5 Å². The van der Waals surface area contributed by atoms with Gasteiger partial charge in [-0.3, -0.25) is 9.20 Å². The molecule has 2 heterocycles. The SMILES string of the molecule is COc1ccc(CCC(=O)NCCc2csc3nncn23)cc1. The number of carbonyl (C=O) groups is 1. The van der Waals surface area contributed by atoms with Crippen molar-refractivity contribution in [2.75, 3.05) is 13.7 Å². The van der Waals surface area contributed by atoms with Crippen molar-refractivity contribution in [2.45, 2.75) is 19.3 Å². The maximum Gasteiger partial charge on any atom is 0.220 e. The number of nitrogens with one attached hydrogen (secondary N) is 1. The summed E-state index contributed by atoms with van der Waals surface area (Å²) in [5.74, 6) is 0.894. The standard InChI is InChI=1S/C16H18N4O2S/c1-22-14-5-2-12(3-6-14)4-7-15(21)17-9-8-13-10-23-16-19-18-11-20(13)16/h2-3,5-6,10-11H,4,7-9H2,1H3,(H,17,21). The largest absolute Gasteiger partial charge is 0.497 e. The lowest BCUT2D eigenvalue weighted by atomic mass is 10.1. The first-order chi connectivity index (χ1) is 11.3. The minimum atomic E-state index is 0.0658. The van der Waals surface area contributed by atoms with E-state index in [-0.39, 0.29) is 5.91 Å². The van der Waals surface area contributed by atoms with Gasteiger partial charge in [0.1, 0.15) is 12.1 Å². The normalized spacial score (nSPS) is 10.8. The number of benzene rings is 1. The van der Waals surface area contributed by atoms with Crippen molar-refractivity contribution in [3.8, 4) is 5.75 Å². The molecule has 1 N–H and O–H groups in total. The molecular weight excluding hydrogens is 312 g/mol. The summed E-state index contributed by atoms with van der Waals surface area (Å²) in [5.41, 5.74) is 2.25. The Bertz CT molecular complexity index is 779. The molecule has 0 spiro atoms. The van der Waals surface area contributed by atoms with Crippen LogP contribution in [-0.4, -0.2) is 34.2 Å². The number of hydrogen-bond donors (Lipinski definition) is 1. The molecule has 0 bridgehead atoms. The predicted octanol–water partition coefficient (Wildman–Crippen LogP) is 2.09. The van der Waals surface area contributed by atoms with E-state index in [4.69, 9.17) is 4.74 Å². The monoisotopic (exact) mass is 330 g/mol. The van der Waals surface area contributed by atoms with Gasteiger partial charge in [-0.05, 0) is 24.1 Å². The van der Waals surface area contributed by atoms with E-state index in [0.717, 1.165) is 34.8 Å². The number of rotatable bonds is 7. The summed E-state index contributed by atoms with van der Waals surface area (Å²) < 4.78 is 7.07. The summed E-state index contributed by atoms with van der Waals surface area (Å²) in [7, 11) is 1.64. The van der Waals surface area contributed by atoms with Crippen molar-refractivity contribution in [1.29, 1.82) is 0 Å². The summed E-state index contributed by atoms with van der Waals surface area (Å²) in [4.78, 5) is 12.8. The summed E-state index contributed by atoms with van der Waals surface area (Å²) in [6.45, 7) is 0.617. The van der Waals surface area contributed by atoms with E-state index in [9.17, 15) is 4.79 Å². The van der Waals surface area contributed by atoms with Crippen LogP contribution in [0, 0.1) is 0 Å². The number of amides is 1. The molecule has 0 fully saturated rings. The molecule has 0 saturated heterocycles. The Morgan fingerprint density at radius 1 is 1.30 bits per heavy atom. The number of aryl methyl sites for hydroxylation is 1. The maximum atomic E-state index is 11.9. The van der Waals surface area contributed by atoms with Gasteiger partial charge in [0.05, 0.1) is 7.11 Å². The molecule has 0 radical (unpaired) electrons. The second kappa shape index (κ2) is 7.23. The minimum absolute atomic E-state index is 0.0658. The number of aromatic nitrogens is 3. The highest BCUT2D eigenvalue weighted by Gasteiger charge is 2.06. The van der Waals surface area contributed by atoms with Crippen LogP contribution in [-0.2, 0) is 17.6 Å². The van der Waals surface area contributed by atoms with Gasteiger partial charge in [0.2, 0.25) is 10.9 Å². The van der Waals surface area contributed by atoms with Crippen LogP contribution in [0.3, 0.4) is 0 Å². The van der Waals surface area contributed by atoms with Gasteiger partial charge in [-0.25, -0.2) is 0 Å². The molecule has 0 atom stereocenters. The lowest BCUT2D eigenvalue weighted by Crippen LogP contribution is -2.26. The first-order valence-electron chi connectivity index (χ1n) is 7.42. The molecule has 0 aliphatic heterocycles. The van der Waals surface area contributed by atoms with E-state index in [1.807, 2.05) is 34.0 Å². The number of ether oxygens (including phenoxy) is 1. The summed E-state index contributed by atoms with van der Waals surface area (Å²) >= 11 is 1.56. The zero-order valence-corrected chi connectivity index (χ0v) is 13.7. The summed E-state index contributed by atoms with van der Waals surface area (Å²) in [6, 6.07) is 7.79. The highest BCUT2D eigenvalue weighted by molar-refractivity contribution is 7.15. The van der Waals surface area contributed by atoms with E-state index in [0.29, 0.717) is 13.0 Å². The first-order valence-corrected chi connectivity index (χ1v) is 8.30. The Labute approximate surface area is 138 Å². The molecule has 6 nitrogen and oxygen atoms in total. The average Bonchev–Trinajstić information content (AvgIpc) is 3.18. The zero-order chi connectivity index (χ0) is 16.1. The average molecular weight is 330 g/mol. The van der Waals surface area contributed by atoms with Crippen LogP contribution >= 0.6 is 11.3 Å². The Hall–Kier alpha value is -2.41. The second-order valence-electron chi connectivity index (χ2n) is 5.16. The van der Waals surface area contributed by atoms with E-state index in [1.165, 1.54) is 0 Å². The van der Waals surface area contributed by atoms with Crippen LogP contribution in [0.1, 0.15) is 17.7 Å². The van der Waals surface area contributed by atoms with Crippen molar-refractivity contribution < 1.29 is 9.53 Å². The molecule has 7 heteroatoms. The number of nitrogens with zero attached hydrogens (tertiary/aromatic N) is 3. The highest BCUT2D eigenvalue weighted by atomic mass is 32.1. The third-order valence-corrected chi connectivity index (χ3v) is 4.51. The van der Waals surface area contributed by atoms with Crippen molar-refractivity contribution in [2.24, 2.45) is 0 Å². The van der Waals surface area contributed by atoms with Gasteiger partial charge in [0, 0.05) is 30.5 Å². The zero-order valence-electron chi connectivity index (χ0n) is 12.9. The fraction of sp³-hybridized carbons (Fsp3) is 0.312. The van der Waals surface area contributed by atoms with Crippen molar-refractivity contribution in [1.82, 2.24) is 19.9 Å². The fourth-order valence-corrected chi connectivity index (χ4v) is 3.17. The molecular formula is C16H18N4O2S. The molecule has 1 aromatic carbocycles. The molecule has 3 aromatic rings. The third kappa shape index (κ3) is 3.87. The molecule has 23 heavy (non-hydrogen) atoms. The van der Waals surface area contributed by atoms with Gasteiger partial charge < -0.3 is 10.1 Å². The van der Waals surface area contributed by atoms with Crippen LogP contribution in [0.2, 0.25) is 0 Å². The molecule has 0 saturated carbocycles. The number of hydrogen-bond acceptors (Lipinski definition) is 5. The van der Waals surface area contributed by atoms with E-state index >= 15 is 0 Å². The Balaban J connectivity index is 1.41. The van der Waals surface area contributed by atoms with Crippen LogP contribution < -0.4 is 10.1 Å². The predicted molar refractivity (Wildman–Crippen MR) is 88.9 cm³/mol. The lowest BCUT2D eigenvalue weighted by molar-refractivity contribution is -0.121. The fourth-order valence-electron chi connectivity index (χ4n) is 2.33. The molecule has 120 valence electrons. The number of carbonyl (C=O) groups excluding carboxylic acids is 1. The van der Waals surface area contributed by atoms with Crippen LogP contribution in [0.4, 0.5) is 0 Å².